The summed E-state index contributed by atoms with van der Waals surface area (Å²) in [7, 11) is 0. The number of ether oxygens (including phenoxy) is 3. The highest BCUT2D eigenvalue weighted by atomic mass is 35.5. The van der Waals surface area contributed by atoms with Crippen LogP contribution in [-0.4, -0.2) is 31.9 Å². The molecule has 1 amide bonds. The summed E-state index contributed by atoms with van der Waals surface area (Å²) >= 11 is 6.05. The molecule has 0 radical (unpaired) electrons. The van der Waals surface area contributed by atoms with E-state index >= 15 is 0 Å². The maximum absolute atomic E-state index is 12.4. The van der Waals surface area contributed by atoms with Crippen molar-refractivity contribution in [2.24, 2.45) is 5.10 Å². The number of nitrogens with one attached hydrogen (secondary N) is 1. The van der Waals surface area contributed by atoms with Crippen LogP contribution in [0.15, 0.2) is 41.5 Å². The monoisotopic (exact) mass is 404 g/mol. The van der Waals surface area contributed by atoms with Gasteiger partial charge in [0.25, 0.3) is 5.91 Å². The average Bonchev–Trinajstić information content (AvgIpc) is 2.69. The van der Waals surface area contributed by atoms with Crippen molar-refractivity contribution < 1.29 is 19.0 Å². The number of nitrogens with zero attached hydrogens (tertiary/aromatic N) is 1. The molecule has 0 saturated heterocycles. The molecule has 0 fully saturated rings. The third-order valence-electron chi connectivity index (χ3n) is 3.61. The Morgan fingerprint density at radius 2 is 1.71 bits per heavy atom. The summed E-state index contributed by atoms with van der Waals surface area (Å²) in [4.78, 5) is 12.4. The molecule has 7 heteroatoms. The number of carbonyl (C=O) groups is 1. The normalized spacial score (nSPS) is 10.7. The molecule has 0 unspecified atom stereocenters. The molecular formula is C21H25ClN2O4. The van der Waals surface area contributed by atoms with Crippen LogP contribution in [0.1, 0.15) is 43.1 Å². The number of carbonyl (C=O) groups excluding carboxylic acids is 1. The standard InChI is InChI=1S/C21H25ClN2O4/c1-4-11-28-18-10-8-17(22)12-16(18)14-23-24-21(25)15-7-9-19(26-5-2)20(13-15)27-6-3/h7-10,12-14H,4-6,11H2,1-3H3,(H,24,25)/b23-14+. The third kappa shape index (κ3) is 6.16. The first-order chi connectivity index (χ1) is 13.6. The smallest absolute Gasteiger partial charge is 0.271 e. The highest BCUT2D eigenvalue weighted by Gasteiger charge is 2.11. The number of benzene rings is 2. The van der Waals surface area contributed by atoms with Crippen LogP contribution in [0, 0.1) is 0 Å². The zero-order valence-electron chi connectivity index (χ0n) is 16.3. The summed E-state index contributed by atoms with van der Waals surface area (Å²) < 4.78 is 16.7. The van der Waals surface area contributed by atoms with E-state index in [1.165, 1.54) is 6.21 Å². The molecular weight excluding hydrogens is 380 g/mol. The molecule has 0 aliphatic heterocycles. The van der Waals surface area contributed by atoms with E-state index < -0.39 is 0 Å². The highest BCUT2D eigenvalue weighted by Crippen LogP contribution is 2.28. The Labute approximate surface area is 170 Å². The SMILES string of the molecule is CCCOc1ccc(Cl)cc1/C=N/NC(=O)c1ccc(OCC)c(OCC)c1. The number of rotatable bonds is 10. The van der Waals surface area contributed by atoms with Gasteiger partial charge in [0.05, 0.1) is 26.0 Å². The van der Waals surface area contributed by atoms with E-state index in [0.717, 1.165) is 6.42 Å². The van der Waals surface area contributed by atoms with Gasteiger partial charge in [0, 0.05) is 16.1 Å². The van der Waals surface area contributed by atoms with E-state index in [1.54, 1.807) is 36.4 Å². The van der Waals surface area contributed by atoms with Gasteiger partial charge < -0.3 is 14.2 Å². The van der Waals surface area contributed by atoms with Crippen LogP contribution in [0.3, 0.4) is 0 Å². The Hall–Kier alpha value is -2.73. The first kappa shape index (κ1) is 21.6. The summed E-state index contributed by atoms with van der Waals surface area (Å²) in [6.45, 7) is 7.35. The predicted octanol–water partition coefficient (Wildman–Crippen LogP) is 4.69. The molecule has 2 aromatic carbocycles. The predicted molar refractivity (Wildman–Crippen MR) is 111 cm³/mol. The second-order valence-corrected chi connectivity index (χ2v) is 6.19. The molecule has 0 aliphatic carbocycles. The van der Waals surface area contributed by atoms with Gasteiger partial charge in [0.15, 0.2) is 11.5 Å². The van der Waals surface area contributed by atoms with Gasteiger partial charge >= 0.3 is 0 Å². The molecule has 0 atom stereocenters. The van der Waals surface area contributed by atoms with Crippen LogP contribution < -0.4 is 19.6 Å². The number of hydrogen-bond donors (Lipinski definition) is 1. The van der Waals surface area contributed by atoms with Gasteiger partial charge in [-0.3, -0.25) is 4.79 Å². The molecule has 1 N–H and O–H groups in total. The van der Waals surface area contributed by atoms with Gasteiger partial charge in [-0.05, 0) is 56.7 Å². The van der Waals surface area contributed by atoms with Gasteiger partial charge in [-0.15, -0.1) is 0 Å². The molecule has 6 nitrogen and oxygen atoms in total. The van der Waals surface area contributed by atoms with Crippen LogP contribution in [0.5, 0.6) is 17.2 Å². The summed E-state index contributed by atoms with van der Waals surface area (Å²) in [6.07, 6.45) is 2.39. The van der Waals surface area contributed by atoms with E-state index in [2.05, 4.69) is 10.5 Å². The van der Waals surface area contributed by atoms with Crippen LogP contribution in [0.2, 0.25) is 5.02 Å². The molecule has 2 aromatic rings. The zero-order valence-corrected chi connectivity index (χ0v) is 17.1. The Balaban J connectivity index is 2.11. The number of hydrogen-bond acceptors (Lipinski definition) is 5. The van der Waals surface area contributed by atoms with Gasteiger partial charge in [-0.25, -0.2) is 5.43 Å². The van der Waals surface area contributed by atoms with Crippen molar-refractivity contribution in [3.05, 3.63) is 52.5 Å². The van der Waals surface area contributed by atoms with Gasteiger partial charge in [0.1, 0.15) is 5.75 Å². The minimum Gasteiger partial charge on any atom is -0.493 e. The van der Waals surface area contributed by atoms with E-state index in [9.17, 15) is 4.79 Å². The van der Waals surface area contributed by atoms with Crippen molar-refractivity contribution in [2.45, 2.75) is 27.2 Å². The second kappa shape index (κ2) is 11.2. The topological polar surface area (TPSA) is 69.2 Å². The largest absolute Gasteiger partial charge is 0.493 e. The quantitative estimate of drug-likeness (QED) is 0.460. The lowest BCUT2D eigenvalue weighted by Crippen LogP contribution is -2.18. The lowest BCUT2D eigenvalue weighted by molar-refractivity contribution is 0.0954. The molecule has 0 aliphatic rings. The summed E-state index contributed by atoms with van der Waals surface area (Å²) in [5, 5.41) is 4.59. The van der Waals surface area contributed by atoms with Crippen molar-refractivity contribution in [3.63, 3.8) is 0 Å². The Morgan fingerprint density at radius 3 is 2.43 bits per heavy atom. The first-order valence-electron chi connectivity index (χ1n) is 9.24. The maximum atomic E-state index is 12.4. The van der Waals surface area contributed by atoms with Crippen molar-refractivity contribution in [2.75, 3.05) is 19.8 Å². The zero-order chi connectivity index (χ0) is 20.4. The molecule has 150 valence electrons. The fourth-order valence-electron chi connectivity index (χ4n) is 2.38. The second-order valence-electron chi connectivity index (χ2n) is 5.76. The molecule has 0 bridgehead atoms. The summed E-state index contributed by atoms with van der Waals surface area (Å²) in [5.41, 5.74) is 3.60. The van der Waals surface area contributed by atoms with Crippen LogP contribution >= 0.6 is 11.6 Å². The van der Waals surface area contributed by atoms with E-state index in [-0.39, 0.29) is 5.91 Å². The van der Waals surface area contributed by atoms with E-state index in [1.807, 2.05) is 20.8 Å². The minimum atomic E-state index is -0.363. The Kier molecular flexibility index (Phi) is 8.62. The molecule has 0 aromatic heterocycles. The highest BCUT2D eigenvalue weighted by molar-refractivity contribution is 6.30. The van der Waals surface area contributed by atoms with Crippen molar-refractivity contribution in [1.29, 1.82) is 0 Å². The fourth-order valence-corrected chi connectivity index (χ4v) is 2.56. The van der Waals surface area contributed by atoms with Gasteiger partial charge in [-0.1, -0.05) is 18.5 Å². The number of amides is 1. The summed E-state index contributed by atoms with van der Waals surface area (Å²) in [6, 6.07) is 10.3. The molecule has 0 saturated carbocycles. The third-order valence-corrected chi connectivity index (χ3v) is 3.84. The van der Waals surface area contributed by atoms with Crippen LogP contribution in [0.25, 0.3) is 0 Å². The van der Waals surface area contributed by atoms with Crippen molar-refractivity contribution in [3.8, 4) is 17.2 Å². The summed E-state index contributed by atoms with van der Waals surface area (Å²) in [5.74, 6) is 1.41. The van der Waals surface area contributed by atoms with Gasteiger partial charge in [0.2, 0.25) is 0 Å². The van der Waals surface area contributed by atoms with E-state index in [0.29, 0.717) is 53.2 Å². The number of hydrazone groups is 1. The molecule has 2 rings (SSSR count). The Bertz CT molecular complexity index is 824. The molecule has 0 heterocycles. The molecule has 0 spiro atoms. The van der Waals surface area contributed by atoms with Crippen LogP contribution in [-0.2, 0) is 0 Å². The Morgan fingerprint density at radius 1 is 1.00 bits per heavy atom. The van der Waals surface area contributed by atoms with Crippen molar-refractivity contribution >= 4 is 23.7 Å². The lowest BCUT2D eigenvalue weighted by atomic mass is 10.2. The molecule has 28 heavy (non-hydrogen) atoms. The fraction of sp³-hybridized carbons (Fsp3) is 0.333. The van der Waals surface area contributed by atoms with E-state index in [4.69, 9.17) is 25.8 Å². The van der Waals surface area contributed by atoms with Crippen LogP contribution in [0.4, 0.5) is 0 Å². The lowest BCUT2D eigenvalue weighted by Gasteiger charge is -2.12. The van der Waals surface area contributed by atoms with Gasteiger partial charge in [-0.2, -0.15) is 5.10 Å². The van der Waals surface area contributed by atoms with Crippen molar-refractivity contribution in [1.82, 2.24) is 5.43 Å². The average molecular weight is 405 g/mol. The number of halogens is 1. The minimum absolute atomic E-state index is 0.363. The first-order valence-corrected chi connectivity index (χ1v) is 9.62. The maximum Gasteiger partial charge on any atom is 0.271 e.